The molecule has 0 atom stereocenters. The van der Waals surface area contributed by atoms with Gasteiger partial charge in [-0.2, -0.15) is 26.3 Å². The van der Waals surface area contributed by atoms with Crippen molar-refractivity contribution >= 4 is 10.2 Å². The Morgan fingerprint density at radius 3 is 1.89 bits per heavy atom. The van der Waals surface area contributed by atoms with E-state index in [1.165, 1.54) is 0 Å². The first-order valence-electron chi connectivity index (χ1n) is 5.00. The lowest BCUT2D eigenvalue weighted by Gasteiger charge is -2.31. The van der Waals surface area contributed by atoms with Crippen molar-refractivity contribution in [3.8, 4) is 0 Å². The van der Waals surface area contributed by atoms with E-state index < -0.39 is 30.8 Å². The van der Waals surface area contributed by atoms with E-state index in [-0.39, 0.29) is 6.61 Å². The molecule has 0 fully saturated rings. The highest BCUT2D eigenvalue weighted by atomic mass is 28.1. The Morgan fingerprint density at radius 2 is 1.50 bits per heavy atom. The van der Waals surface area contributed by atoms with Gasteiger partial charge in [0.2, 0.25) is 0 Å². The van der Waals surface area contributed by atoms with E-state index >= 15 is 0 Å². The summed E-state index contributed by atoms with van der Waals surface area (Å²) in [5, 5.41) is 0. The van der Waals surface area contributed by atoms with Crippen molar-refractivity contribution in [1.29, 1.82) is 0 Å². The van der Waals surface area contributed by atoms with Crippen LogP contribution in [0.5, 0.6) is 0 Å². The van der Waals surface area contributed by atoms with E-state index in [2.05, 4.69) is 4.74 Å². The summed E-state index contributed by atoms with van der Waals surface area (Å²) >= 11 is 0. The number of hydrogen-bond acceptors (Lipinski definition) is 1. The number of hydrogen-bond donors (Lipinski definition) is 0. The van der Waals surface area contributed by atoms with Crippen LogP contribution in [-0.4, -0.2) is 47.6 Å². The van der Waals surface area contributed by atoms with Crippen LogP contribution in [0.25, 0.3) is 0 Å². The predicted molar refractivity (Wildman–Crippen MR) is 51.0 cm³/mol. The van der Waals surface area contributed by atoms with Gasteiger partial charge in [-0.15, -0.1) is 0 Å². The Hall–Kier alpha value is -0.383. The molecule has 0 N–H and O–H groups in total. The zero-order chi connectivity index (χ0) is 14.6. The Labute approximate surface area is 101 Å². The summed E-state index contributed by atoms with van der Waals surface area (Å²) in [6.07, 6.45) is -4.57. The predicted octanol–water partition coefficient (Wildman–Crippen LogP) is 2.35. The second-order valence-electron chi connectivity index (χ2n) is 3.61. The molecule has 0 saturated heterocycles. The molecule has 0 aliphatic carbocycles. The molecule has 0 saturated carbocycles. The summed E-state index contributed by atoms with van der Waals surface area (Å²) in [6.45, 7) is -2.33. The summed E-state index contributed by atoms with van der Waals surface area (Å²) in [5.74, 6) is -17.6. The maximum atomic E-state index is 12.8. The van der Waals surface area contributed by atoms with Gasteiger partial charge in [0, 0.05) is 16.8 Å². The van der Waals surface area contributed by atoms with Gasteiger partial charge in [0.05, 0.1) is 0 Å². The van der Waals surface area contributed by atoms with Crippen molar-refractivity contribution in [2.75, 3.05) is 13.2 Å². The van der Waals surface area contributed by atoms with Crippen LogP contribution < -0.4 is 0 Å². The molecule has 0 bridgehead atoms. The van der Waals surface area contributed by atoms with Crippen LogP contribution in [0.4, 0.5) is 35.1 Å². The number of halogens is 8. The van der Waals surface area contributed by atoms with Crippen LogP contribution in [0.2, 0.25) is 6.04 Å². The molecule has 0 aliphatic heterocycles. The summed E-state index contributed by atoms with van der Waals surface area (Å²) in [6, 6.07) is 0.648. The van der Waals surface area contributed by atoms with Gasteiger partial charge in [-0.3, -0.25) is 0 Å². The third-order valence-corrected chi connectivity index (χ3v) is 2.78. The smallest absolute Gasteiger partial charge is 0.375 e. The maximum Gasteiger partial charge on any atom is 0.380 e. The summed E-state index contributed by atoms with van der Waals surface area (Å²) in [4.78, 5) is 0. The third kappa shape index (κ3) is 3.56. The standard InChI is InChI=1S/C8H12F8OSi/c9-5(10)7(13,14)8(15,16)6(11,12)4-17-2-1-3-18/h5H,1-4H2,18H3. The second kappa shape index (κ2) is 6.18. The van der Waals surface area contributed by atoms with Crippen LogP contribution >= 0.6 is 0 Å². The Kier molecular flexibility index (Phi) is 6.04. The molecule has 0 aromatic carbocycles. The highest BCUT2D eigenvalue weighted by Crippen LogP contribution is 2.48. The summed E-state index contributed by atoms with van der Waals surface area (Å²) in [7, 11) is 0.741. The molecule has 18 heavy (non-hydrogen) atoms. The minimum Gasteiger partial charge on any atom is -0.375 e. The monoisotopic (exact) mass is 304 g/mol. The van der Waals surface area contributed by atoms with Crippen molar-refractivity contribution in [1.82, 2.24) is 0 Å². The molecular formula is C8H12F8OSi. The van der Waals surface area contributed by atoms with Gasteiger partial charge >= 0.3 is 24.2 Å². The first-order chi connectivity index (χ1) is 8.00. The Bertz CT molecular complexity index is 257. The van der Waals surface area contributed by atoms with Crippen LogP contribution in [0.1, 0.15) is 6.42 Å². The third-order valence-electron chi connectivity index (χ3n) is 2.08. The molecule has 10 heteroatoms. The molecule has 0 rings (SSSR count). The Balaban J connectivity index is 4.74. The van der Waals surface area contributed by atoms with E-state index in [1.807, 2.05) is 0 Å². The van der Waals surface area contributed by atoms with Gasteiger partial charge in [0.15, 0.2) is 0 Å². The minimum atomic E-state index is -6.17. The summed E-state index contributed by atoms with van der Waals surface area (Å²) < 4.78 is 103. The van der Waals surface area contributed by atoms with Gasteiger partial charge in [-0.25, -0.2) is 8.78 Å². The molecule has 0 aromatic rings. The molecule has 0 aromatic heterocycles. The maximum absolute atomic E-state index is 12.8. The number of ether oxygens (including phenoxy) is 1. The van der Waals surface area contributed by atoms with Gasteiger partial charge < -0.3 is 4.74 Å². The average Bonchev–Trinajstić information content (AvgIpc) is 2.23. The van der Waals surface area contributed by atoms with Crippen molar-refractivity contribution < 1.29 is 39.9 Å². The molecule has 0 unspecified atom stereocenters. The minimum absolute atomic E-state index is 0.310. The molecule has 110 valence electrons. The quantitative estimate of drug-likeness (QED) is 0.380. The van der Waals surface area contributed by atoms with E-state index in [1.54, 1.807) is 0 Å². The zero-order valence-electron chi connectivity index (χ0n) is 9.34. The van der Waals surface area contributed by atoms with E-state index in [9.17, 15) is 35.1 Å². The molecule has 0 spiro atoms. The van der Waals surface area contributed by atoms with Crippen molar-refractivity contribution in [2.45, 2.75) is 36.7 Å². The molecule has 0 heterocycles. The number of rotatable bonds is 8. The van der Waals surface area contributed by atoms with Crippen LogP contribution in [0, 0.1) is 0 Å². The highest BCUT2D eigenvalue weighted by molar-refractivity contribution is 6.08. The van der Waals surface area contributed by atoms with E-state index in [0.717, 1.165) is 10.2 Å². The fourth-order valence-electron chi connectivity index (χ4n) is 0.918. The molecule has 0 aliphatic rings. The Morgan fingerprint density at radius 1 is 1.00 bits per heavy atom. The van der Waals surface area contributed by atoms with Crippen molar-refractivity contribution in [2.24, 2.45) is 0 Å². The highest BCUT2D eigenvalue weighted by Gasteiger charge is 2.75. The van der Waals surface area contributed by atoms with E-state index in [4.69, 9.17) is 0 Å². The van der Waals surface area contributed by atoms with Crippen LogP contribution in [-0.2, 0) is 4.74 Å². The van der Waals surface area contributed by atoms with Crippen molar-refractivity contribution in [3.63, 3.8) is 0 Å². The van der Waals surface area contributed by atoms with Crippen LogP contribution in [0.3, 0.4) is 0 Å². The molecule has 0 radical (unpaired) electrons. The topological polar surface area (TPSA) is 9.23 Å². The SMILES string of the molecule is FC(F)C(F)(F)C(F)(F)C(F)(F)COCCC[SiH3]. The molecular weight excluding hydrogens is 292 g/mol. The molecule has 0 amide bonds. The zero-order valence-corrected chi connectivity index (χ0v) is 11.3. The van der Waals surface area contributed by atoms with Gasteiger partial charge in [-0.05, 0) is 6.42 Å². The first kappa shape index (κ1) is 17.6. The van der Waals surface area contributed by atoms with Gasteiger partial charge in [-0.1, -0.05) is 6.04 Å². The average molecular weight is 304 g/mol. The fraction of sp³-hybridized carbons (Fsp3) is 1.00. The van der Waals surface area contributed by atoms with Crippen molar-refractivity contribution in [3.05, 3.63) is 0 Å². The van der Waals surface area contributed by atoms with E-state index in [0.29, 0.717) is 12.5 Å². The normalized spacial score (nSPS) is 14.5. The first-order valence-corrected chi connectivity index (χ1v) is 6.41. The lowest BCUT2D eigenvalue weighted by Crippen LogP contribution is -2.59. The largest absolute Gasteiger partial charge is 0.380 e. The number of alkyl halides is 8. The fourth-order valence-corrected chi connectivity index (χ4v) is 1.21. The lowest BCUT2D eigenvalue weighted by molar-refractivity contribution is -0.345. The lowest BCUT2D eigenvalue weighted by atomic mass is 10.1. The summed E-state index contributed by atoms with van der Waals surface area (Å²) in [5.41, 5.74) is 0. The van der Waals surface area contributed by atoms with Gasteiger partial charge in [0.1, 0.15) is 6.61 Å². The second-order valence-corrected chi connectivity index (χ2v) is 4.61. The molecule has 1 nitrogen and oxygen atoms in total. The van der Waals surface area contributed by atoms with Crippen LogP contribution in [0.15, 0.2) is 0 Å². The van der Waals surface area contributed by atoms with Gasteiger partial charge in [0.25, 0.3) is 0 Å².